The summed E-state index contributed by atoms with van der Waals surface area (Å²) in [6.45, 7) is 0.321. The molecule has 3 rings (SSSR count). The first-order chi connectivity index (χ1) is 9.74. The topological polar surface area (TPSA) is 26.3 Å². The molecule has 2 aromatic carbocycles. The number of rotatable bonds is 2. The van der Waals surface area contributed by atoms with Crippen LogP contribution in [-0.4, -0.2) is 33.3 Å². The van der Waals surface area contributed by atoms with Gasteiger partial charge in [-0.15, -0.1) is 0 Å². The molecule has 2 aromatic rings. The predicted octanol–water partition coefficient (Wildman–Crippen LogP) is 2.31. The zero-order valence-electron chi connectivity index (χ0n) is 10.5. The molecule has 1 heterocycles. The first kappa shape index (κ1) is 13.4. The summed E-state index contributed by atoms with van der Waals surface area (Å²) in [6, 6.07) is 13.7. The zero-order chi connectivity index (χ0) is 13.9. The van der Waals surface area contributed by atoms with Crippen LogP contribution in [-0.2, 0) is 0 Å². The molecule has 0 bridgehead atoms. The summed E-state index contributed by atoms with van der Waals surface area (Å²) in [5.74, 6) is 0.455. The Kier molecular flexibility index (Phi) is 3.86. The third-order valence-electron chi connectivity index (χ3n) is 2.96. The van der Waals surface area contributed by atoms with Crippen molar-refractivity contribution in [2.75, 3.05) is 6.61 Å². The number of ether oxygens (including phenoxy) is 1. The van der Waals surface area contributed by atoms with Crippen LogP contribution in [0.2, 0.25) is 0 Å². The fourth-order valence-electron chi connectivity index (χ4n) is 1.91. The van der Waals surface area contributed by atoms with Crippen LogP contribution in [0.1, 0.15) is 10.4 Å². The number of Topliss-reactive ketones (excluding diaryl/α,β-unsaturated/α-hetero) is 1. The van der Waals surface area contributed by atoms with Gasteiger partial charge in [0, 0.05) is 0 Å². The molecular weight excluding hydrogens is 371 g/mol. The third-order valence-corrected chi connectivity index (χ3v) is 5.66. The van der Waals surface area contributed by atoms with Crippen molar-refractivity contribution in [2.24, 2.45) is 0 Å². The van der Waals surface area contributed by atoms with Crippen LogP contribution in [0.5, 0.6) is 5.75 Å². The molecule has 0 unspecified atom stereocenters. The normalized spacial score (nSPS) is 15.8. The summed E-state index contributed by atoms with van der Waals surface area (Å²) in [5.41, 5.74) is 1.33. The van der Waals surface area contributed by atoms with E-state index < -0.39 is 20.9 Å². The molecule has 0 radical (unpaired) electrons. The van der Waals surface area contributed by atoms with Gasteiger partial charge in [0.25, 0.3) is 0 Å². The molecule has 1 aliphatic heterocycles. The van der Waals surface area contributed by atoms with Crippen molar-refractivity contribution in [1.29, 1.82) is 0 Å². The molecule has 4 heteroatoms. The second-order valence-electron chi connectivity index (χ2n) is 4.33. The van der Waals surface area contributed by atoms with E-state index in [0.29, 0.717) is 23.5 Å². The quantitative estimate of drug-likeness (QED) is 0.589. The van der Waals surface area contributed by atoms with E-state index in [1.54, 1.807) is 24.3 Å². The Morgan fingerprint density at radius 3 is 2.65 bits per heavy atom. The molecule has 20 heavy (non-hydrogen) atoms. The minimum absolute atomic E-state index is 0.0408. The van der Waals surface area contributed by atoms with Gasteiger partial charge in [-0.05, 0) is 0 Å². The maximum absolute atomic E-state index is 12.8. The van der Waals surface area contributed by atoms with Crippen LogP contribution < -0.4 is 8.35 Å². The third kappa shape index (κ3) is 2.77. The van der Waals surface area contributed by atoms with E-state index >= 15 is 0 Å². The predicted molar refractivity (Wildman–Crippen MR) is 76.1 cm³/mol. The Hall–Kier alpha value is -1.63. The van der Waals surface area contributed by atoms with Crippen LogP contribution >= 0.6 is 0 Å². The summed E-state index contributed by atoms with van der Waals surface area (Å²) >= 11 is -0.649. The second kappa shape index (κ2) is 5.78. The van der Waals surface area contributed by atoms with Gasteiger partial charge in [0.15, 0.2) is 0 Å². The summed E-state index contributed by atoms with van der Waals surface area (Å²) in [6.07, 6.45) is 0. The van der Waals surface area contributed by atoms with Gasteiger partial charge < -0.3 is 0 Å². The molecule has 0 aliphatic carbocycles. The van der Waals surface area contributed by atoms with Gasteiger partial charge in [0.2, 0.25) is 0 Å². The fraction of sp³-hybridized carbons (Fsp3) is 0.0625. The Balaban J connectivity index is 1.80. The van der Waals surface area contributed by atoms with Gasteiger partial charge >= 0.3 is 126 Å². The molecule has 0 saturated heterocycles. The number of carbonyl (C=O) groups excluding carboxylic acids is 1. The molecular formula is C16H11FO2Te. The van der Waals surface area contributed by atoms with E-state index in [4.69, 9.17) is 4.74 Å². The van der Waals surface area contributed by atoms with E-state index in [9.17, 15) is 9.18 Å². The average molecular weight is 382 g/mol. The monoisotopic (exact) mass is 384 g/mol. The summed E-state index contributed by atoms with van der Waals surface area (Å²) in [4.78, 5) is 12.3. The number of benzene rings is 2. The molecule has 0 fully saturated rings. The molecule has 0 amide bonds. The number of ketones is 1. The van der Waals surface area contributed by atoms with Crippen LogP contribution in [0.3, 0.4) is 0 Å². The molecule has 0 saturated carbocycles. The molecule has 1 aliphatic rings. The molecule has 0 aromatic heterocycles. The standard InChI is InChI=1S/C16H11FO2Te/c17-12-5-7-13(8-6-12)20-10-11-9-19-15-4-2-1-3-14(15)16(11)18/h1-8,10H,9H2/b11-10-. The Morgan fingerprint density at radius 2 is 1.85 bits per heavy atom. The average Bonchev–Trinajstić information content (AvgIpc) is 2.49. The Labute approximate surface area is 126 Å². The Morgan fingerprint density at radius 1 is 1.10 bits per heavy atom. The van der Waals surface area contributed by atoms with Crippen molar-refractivity contribution in [1.82, 2.24) is 0 Å². The van der Waals surface area contributed by atoms with Gasteiger partial charge in [-0.2, -0.15) is 0 Å². The van der Waals surface area contributed by atoms with Crippen molar-refractivity contribution in [3.8, 4) is 5.75 Å². The number of halogens is 1. The van der Waals surface area contributed by atoms with Gasteiger partial charge in [-0.3, -0.25) is 0 Å². The maximum atomic E-state index is 12.8. The van der Waals surface area contributed by atoms with Gasteiger partial charge in [-0.25, -0.2) is 0 Å². The fourth-order valence-corrected chi connectivity index (χ4v) is 4.04. The molecule has 0 atom stereocenters. The molecule has 0 spiro atoms. The first-order valence-corrected chi connectivity index (χ1v) is 8.63. The SMILES string of the molecule is O=C1/C(=C\[Te]c2ccc(F)cc2)COc2ccccc21. The van der Waals surface area contributed by atoms with E-state index in [1.165, 1.54) is 12.1 Å². The van der Waals surface area contributed by atoms with Crippen LogP contribution in [0.15, 0.2) is 58.2 Å². The van der Waals surface area contributed by atoms with E-state index in [-0.39, 0.29) is 11.6 Å². The van der Waals surface area contributed by atoms with E-state index in [1.807, 2.05) is 16.3 Å². The van der Waals surface area contributed by atoms with Crippen LogP contribution in [0.4, 0.5) is 4.39 Å². The van der Waals surface area contributed by atoms with Gasteiger partial charge in [0.1, 0.15) is 0 Å². The number of carbonyl (C=O) groups is 1. The second-order valence-corrected chi connectivity index (χ2v) is 7.02. The minimum atomic E-state index is -0.649. The zero-order valence-corrected chi connectivity index (χ0v) is 12.8. The van der Waals surface area contributed by atoms with Crippen molar-refractivity contribution in [3.63, 3.8) is 0 Å². The van der Waals surface area contributed by atoms with E-state index in [2.05, 4.69) is 0 Å². The molecule has 2 nitrogen and oxygen atoms in total. The number of hydrogen-bond donors (Lipinski definition) is 0. The van der Waals surface area contributed by atoms with Gasteiger partial charge in [-0.1, -0.05) is 0 Å². The number of fused-ring (bicyclic) bond motifs is 1. The summed E-state index contributed by atoms with van der Waals surface area (Å²) in [5, 5.41) is 0. The molecule has 0 N–H and O–H groups in total. The summed E-state index contributed by atoms with van der Waals surface area (Å²) < 4.78 is 21.5. The van der Waals surface area contributed by atoms with Crippen LogP contribution in [0.25, 0.3) is 0 Å². The first-order valence-electron chi connectivity index (χ1n) is 6.12. The van der Waals surface area contributed by atoms with E-state index in [0.717, 1.165) is 3.61 Å². The van der Waals surface area contributed by atoms with Crippen molar-refractivity contribution < 1.29 is 13.9 Å². The Bertz CT molecular complexity index is 677. The number of para-hydroxylation sites is 1. The van der Waals surface area contributed by atoms with Crippen molar-refractivity contribution in [2.45, 2.75) is 0 Å². The van der Waals surface area contributed by atoms with Crippen molar-refractivity contribution in [3.05, 3.63) is 69.6 Å². The summed E-state index contributed by atoms with van der Waals surface area (Å²) in [7, 11) is 0. The molecule has 100 valence electrons. The van der Waals surface area contributed by atoms with Gasteiger partial charge in [0.05, 0.1) is 0 Å². The van der Waals surface area contributed by atoms with Crippen molar-refractivity contribution >= 4 is 30.3 Å². The van der Waals surface area contributed by atoms with Crippen LogP contribution in [0, 0.1) is 5.82 Å². The number of hydrogen-bond acceptors (Lipinski definition) is 2.